The predicted octanol–water partition coefficient (Wildman–Crippen LogP) is 1.81. The van der Waals surface area contributed by atoms with Crippen molar-refractivity contribution in [1.82, 2.24) is 19.4 Å². The standard InChI is InChI=1S/C16H20N4OS/c1-18-11-17-14-9-19(7-12-3-6-22-10-12)8-13(15(14)18)16(21)20-4-2-5-20/h3,6,10-11,13H,2,4-5,7-9H2,1H3/t13-/m1/s1. The number of fused-ring (bicyclic) bond motifs is 1. The van der Waals surface area contributed by atoms with Crippen LogP contribution < -0.4 is 0 Å². The monoisotopic (exact) mass is 316 g/mol. The molecular formula is C16H20N4OS. The first-order valence-electron chi connectivity index (χ1n) is 7.74. The molecule has 2 aromatic rings. The molecule has 6 heteroatoms. The van der Waals surface area contributed by atoms with Gasteiger partial charge in [0.15, 0.2) is 0 Å². The average molecular weight is 316 g/mol. The topological polar surface area (TPSA) is 41.4 Å². The third-order valence-electron chi connectivity index (χ3n) is 4.66. The number of thiophene rings is 1. The third kappa shape index (κ3) is 2.36. The molecule has 1 fully saturated rings. The fourth-order valence-electron chi connectivity index (χ4n) is 3.39. The van der Waals surface area contributed by atoms with Gasteiger partial charge in [-0.2, -0.15) is 11.3 Å². The molecule has 0 radical (unpaired) electrons. The van der Waals surface area contributed by atoms with Crippen molar-refractivity contribution >= 4 is 17.2 Å². The molecule has 1 saturated heterocycles. The van der Waals surface area contributed by atoms with Crippen LogP contribution in [0.25, 0.3) is 0 Å². The summed E-state index contributed by atoms with van der Waals surface area (Å²) in [7, 11) is 2.00. The highest BCUT2D eigenvalue weighted by molar-refractivity contribution is 7.07. The Balaban J connectivity index is 1.60. The number of carbonyl (C=O) groups is 1. The molecule has 116 valence electrons. The van der Waals surface area contributed by atoms with Gasteiger partial charge in [-0.1, -0.05) is 0 Å². The Bertz CT molecular complexity index is 674. The van der Waals surface area contributed by atoms with Crippen molar-refractivity contribution in [3.05, 3.63) is 40.1 Å². The first-order chi connectivity index (χ1) is 10.7. The van der Waals surface area contributed by atoms with Crippen LogP contribution >= 0.6 is 11.3 Å². The zero-order chi connectivity index (χ0) is 15.1. The fraction of sp³-hybridized carbons (Fsp3) is 0.500. The minimum atomic E-state index is -0.0739. The summed E-state index contributed by atoms with van der Waals surface area (Å²) in [5.74, 6) is 0.196. The maximum Gasteiger partial charge on any atom is 0.233 e. The Labute approximate surface area is 134 Å². The smallest absolute Gasteiger partial charge is 0.233 e. The first kappa shape index (κ1) is 14.0. The minimum absolute atomic E-state index is 0.0739. The number of aromatic nitrogens is 2. The van der Waals surface area contributed by atoms with Gasteiger partial charge in [0, 0.05) is 39.8 Å². The summed E-state index contributed by atoms with van der Waals surface area (Å²) in [6, 6.07) is 2.16. The Morgan fingerprint density at radius 2 is 2.32 bits per heavy atom. The van der Waals surface area contributed by atoms with Gasteiger partial charge >= 0.3 is 0 Å². The van der Waals surface area contributed by atoms with Gasteiger partial charge in [0.25, 0.3) is 0 Å². The van der Waals surface area contributed by atoms with Crippen molar-refractivity contribution < 1.29 is 4.79 Å². The van der Waals surface area contributed by atoms with E-state index in [0.29, 0.717) is 0 Å². The maximum absolute atomic E-state index is 12.8. The number of aryl methyl sites for hydroxylation is 1. The lowest BCUT2D eigenvalue weighted by molar-refractivity contribution is -0.137. The van der Waals surface area contributed by atoms with Gasteiger partial charge in [-0.25, -0.2) is 4.98 Å². The quantitative estimate of drug-likeness (QED) is 0.867. The van der Waals surface area contributed by atoms with Crippen molar-refractivity contribution in [2.45, 2.75) is 25.4 Å². The van der Waals surface area contributed by atoms with E-state index >= 15 is 0 Å². The van der Waals surface area contributed by atoms with Crippen LogP contribution in [0, 0.1) is 0 Å². The second kappa shape index (κ2) is 5.52. The molecule has 0 bridgehead atoms. The van der Waals surface area contributed by atoms with Gasteiger partial charge in [-0.15, -0.1) is 0 Å². The van der Waals surface area contributed by atoms with Crippen molar-refractivity contribution in [1.29, 1.82) is 0 Å². The molecule has 0 N–H and O–H groups in total. The van der Waals surface area contributed by atoms with E-state index in [1.54, 1.807) is 11.3 Å². The molecule has 2 aliphatic rings. The number of rotatable bonds is 3. The van der Waals surface area contributed by atoms with Crippen LogP contribution in [0.5, 0.6) is 0 Å². The van der Waals surface area contributed by atoms with Crippen LogP contribution in [0.15, 0.2) is 23.2 Å². The van der Waals surface area contributed by atoms with Crippen molar-refractivity contribution in [2.75, 3.05) is 19.6 Å². The van der Waals surface area contributed by atoms with E-state index in [2.05, 4.69) is 26.7 Å². The van der Waals surface area contributed by atoms with Gasteiger partial charge in [-0.05, 0) is 28.8 Å². The van der Waals surface area contributed by atoms with Crippen LogP contribution in [0.2, 0.25) is 0 Å². The highest BCUT2D eigenvalue weighted by atomic mass is 32.1. The molecule has 0 saturated carbocycles. The molecule has 0 unspecified atom stereocenters. The van der Waals surface area contributed by atoms with Crippen molar-refractivity contribution in [3.8, 4) is 0 Å². The Morgan fingerprint density at radius 3 is 3.00 bits per heavy atom. The summed E-state index contributed by atoms with van der Waals surface area (Å²) in [6.07, 6.45) is 2.98. The molecule has 4 heterocycles. The highest BCUT2D eigenvalue weighted by Gasteiger charge is 2.37. The van der Waals surface area contributed by atoms with E-state index in [1.165, 1.54) is 5.56 Å². The van der Waals surface area contributed by atoms with Gasteiger partial charge in [-0.3, -0.25) is 9.69 Å². The summed E-state index contributed by atoms with van der Waals surface area (Å²) >= 11 is 1.72. The van der Waals surface area contributed by atoms with Crippen molar-refractivity contribution in [3.63, 3.8) is 0 Å². The summed E-state index contributed by atoms with van der Waals surface area (Å²) in [5, 5.41) is 4.29. The van der Waals surface area contributed by atoms with Crippen molar-refractivity contribution in [2.24, 2.45) is 7.05 Å². The minimum Gasteiger partial charge on any atom is -0.342 e. The van der Waals surface area contributed by atoms with E-state index in [9.17, 15) is 4.79 Å². The molecule has 4 rings (SSSR count). The summed E-state index contributed by atoms with van der Waals surface area (Å²) < 4.78 is 2.03. The van der Waals surface area contributed by atoms with E-state index in [4.69, 9.17) is 0 Å². The lowest BCUT2D eigenvalue weighted by atomic mass is 9.95. The molecule has 0 aliphatic carbocycles. The Hall–Kier alpha value is -1.66. The molecule has 1 atom stereocenters. The average Bonchev–Trinajstić information content (AvgIpc) is 3.07. The molecule has 0 aromatic carbocycles. The number of hydrogen-bond acceptors (Lipinski definition) is 4. The lowest BCUT2D eigenvalue weighted by Gasteiger charge is -2.38. The van der Waals surface area contributed by atoms with Gasteiger partial charge < -0.3 is 9.47 Å². The van der Waals surface area contributed by atoms with Crippen LogP contribution in [0.3, 0.4) is 0 Å². The first-order valence-corrected chi connectivity index (χ1v) is 8.69. The van der Waals surface area contributed by atoms with E-state index < -0.39 is 0 Å². The van der Waals surface area contributed by atoms with Gasteiger partial charge in [0.05, 0.1) is 23.6 Å². The van der Waals surface area contributed by atoms with E-state index in [-0.39, 0.29) is 11.8 Å². The lowest BCUT2D eigenvalue weighted by Crippen LogP contribution is -2.48. The second-order valence-electron chi connectivity index (χ2n) is 6.22. The molecular weight excluding hydrogens is 296 g/mol. The molecule has 0 spiro atoms. The Kier molecular flexibility index (Phi) is 3.50. The third-order valence-corrected chi connectivity index (χ3v) is 5.39. The number of carbonyl (C=O) groups excluding carboxylic acids is 1. The van der Waals surface area contributed by atoms with Crippen LogP contribution in [0.4, 0.5) is 0 Å². The summed E-state index contributed by atoms with van der Waals surface area (Å²) in [5.41, 5.74) is 3.49. The summed E-state index contributed by atoms with van der Waals surface area (Å²) in [6.45, 7) is 4.33. The molecule has 5 nitrogen and oxygen atoms in total. The zero-order valence-electron chi connectivity index (χ0n) is 12.7. The predicted molar refractivity (Wildman–Crippen MR) is 85.6 cm³/mol. The van der Waals surface area contributed by atoms with E-state index in [1.807, 2.05) is 22.8 Å². The number of hydrogen-bond donors (Lipinski definition) is 0. The van der Waals surface area contributed by atoms with Gasteiger partial charge in [0.1, 0.15) is 0 Å². The number of likely N-dealkylation sites (tertiary alicyclic amines) is 1. The van der Waals surface area contributed by atoms with Crippen LogP contribution in [-0.2, 0) is 24.9 Å². The SMILES string of the molecule is Cn1cnc2c1[C@H](C(=O)N1CCC1)CN(Cc1ccsc1)C2. The normalized spacial score (nSPS) is 21.5. The number of amides is 1. The summed E-state index contributed by atoms with van der Waals surface area (Å²) in [4.78, 5) is 21.7. The highest BCUT2D eigenvalue weighted by Crippen LogP contribution is 2.31. The molecule has 2 aliphatic heterocycles. The molecule has 22 heavy (non-hydrogen) atoms. The second-order valence-corrected chi connectivity index (χ2v) is 7.00. The molecule has 1 amide bonds. The zero-order valence-corrected chi connectivity index (χ0v) is 13.6. The van der Waals surface area contributed by atoms with Crippen LogP contribution in [0.1, 0.15) is 29.3 Å². The number of imidazole rings is 1. The van der Waals surface area contributed by atoms with E-state index in [0.717, 1.165) is 50.5 Å². The fourth-order valence-corrected chi connectivity index (χ4v) is 4.05. The number of nitrogens with zero attached hydrogens (tertiary/aromatic N) is 4. The largest absolute Gasteiger partial charge is 0.342 e. The Morgan fingerprint density at radius 1 is 1.45 bits per heavy atom. The molecule has 2 aromatic heterocycles. The van der Waals surface area contributed by atoms with Crippen LogP contribution in [-0.4, -0.2) is 44.9 Å². The van der Waals surface area contributed by atoms with Gasteiger partial charge in [0.2, 0.25) is 5.91 Å². The maximum atomic E-state index is 12.8.